The Morgan fingerprint density at radius 1 is 1.75 bits per heavy atom. The molecule has 1 N–H and O–H groups in total. The van der Waals surface area contributed by atoms with E-state index in [4.69, 9.17) is 22.3 Å². The van der Waals surface area contributed by atoms with Crippen LogP contribution >= 0.6 is 11.6 Å². The maximum atomic E-state index is 11.7. The molecule has 0 fully saturated rings. The second-order valence-corrected chi connectivity index (χ2v) is 2.39. The van der Waals surface area contributed by atoms with Crippen LogP contribution in [0, 0.1) is 22.7 Å². The summed E-state index contributed by atoms with van der Waals surface area (Å²) in [6.45, 7) is -0.730. The molecule has 5 heteroatoms. The highest BCUT2D eigenvalue weighted by molar-refractivity contribution is 6.30. The van der Waals surface area contributed by atoms with E-state index in [1.54, 1.807) is 6.07 Å². The Hall–Kier alpha value is -0.950. The fraction of sp³-hybridized carbons (Fsp3) is 0.571. The molecule has 0 radical (unpaired) electrons. The van der Waals surface area contributed by atoms with Gasteiger partial charge in [-0.1, -0.05) is 0 Å². The van der Waals surface area contributed by atoms with E-state index in [1.807, 2.05) is 0 Å². The topological polar surface area (TPSA) is 64.7 Å². The highest BCUT2D eigenvalue weighted by Gasteiger charge is 2.21. The van der Waals surface area contributed by atoms with Gasteiger partial charge in [-0.15, -0.1) is 11.6 Å². The third-order valence-corrected chi connectivity index (χ3v) is 1.56. The van der Waals surface area contributed by atoms with Crippen molar-refractivity contribution in [3.8, 4) is 6.07 Å². The minimum atomic E-state index is -1.17. The minimum Gasteiger partial charge on any atom is -0.308 e. The van der Waals surface area contributed by atoms with Crippen LogP contribution in [0.4, 0.5) is 4.39 Å². The Kier molecular flexibility index (Phi) is 5.22. The molecule has 0 aromatic heterocycles. The van der Waals surface area contributed by atoms with Gasteiger partial charge in [0.15, 0.2) is 5.78 Å². The molecule has 66 valence electrons. The van der Waals surface area contributed by atoms with Crippen LogP contribution in [0.25, 0.3) is 0 Å². The van der Waals surface area contributed by atoms with Gasteiger partial charge in [0.1, 0.15) is 5.92 Å². The highest BCUT2D eigenvalue weighted by atomic mass is 35.5. The summed E-state index contributed by atoms with van der Waals surface area (Å²) in [4.78, 5) is 10.8. The summed E-state index contributed by atoms with van der Waals surface area (Å²) in [6.07, 6.45) is -0.180. The first kappa shape index (κ1) is 11.1. The lowest BCUT2D eigenvalue weighted by molar-refractivity contribution is -0.117. The first-order valence-corrected chi connectivity index (χ1v) is 3.82. The standard InChI is InChI=1S/C7H8ClFN2O/c8-3-7(12)5(4-10)6(11)1-2-9/h5,11H,1-3H2. The van der Waals surface area contributed by atoms with Crippen molar-refractivity contribution < 1.29 is 9.18 Å². The maximum absolute atomic E-state index is 11.7. The number of carbonyl (C=O) groups is 1. The van der Waals surface area contributed by atoms with Crippen LogP contribution in [0.2, 0.25) is 0 Å². The van der Waals surface area contributed by atoms with Crippen LogP contribution in [0.5, 0.6) is 0 Å². The molecule has 0 rings (SSSR count). The van der Waals surface area contributed by atoms with Gasteiger partial charge in [-0.3, -0.25) is 9.18 Å². The molecular formula is C7H8ClFN2O. The first-order valence-electron chi connectivity index (χ1n) is 3.29. The SMILES string of the molecule is N#CC(C(=N)CCF)C(=O)CCl. The number of ketones is 1. The molecule has 3 nitrogen and oxygen atoms in total. The number of halogens is 2. The Bertz CT molecular complexity index is 224. The van der Waals surface area contributed by atoms with Crippen molar-refractivity contribution >= 4 is 23.1 Å². The van der Waals surface area contributed by atoms with Gasteiger partial charge in [0, 0.05) is 12.1 Å². The number of rotatable bonds is 5. The summed E-state index contributed by atoms with van der Waals surface area (Å²) in [5.41, 5.74) is -0.203. The highest BCUT2D eigenvalue weighted by Crippen LogP contribution is 2.04. The van der Waals surface area contributed by atoms with Crippen molar-refractivity contribution in [3.63, 3.8) is 0 Å². The number of carbonyl (C=O) groups excluding carboxylic acids is 1. The summed E-state index contributed by atoms with van der Waals surface area (Å²) >= 11 is 5.18. The predicted octanol–water partition coefficient (Wildman–Crippen LogP) is 1.31. The van der Waals surface area contributed by atoms with Gasteiger partial charge in [0.05, 0.1) is 18.6 Å². The van der Waals surface area contributed by atoms with Crippen molar-refractivity contribution in [1.29, 1.82) is 10.7 Å². The zero-order chi connectivity index (χ0) is 9.56. The molecular weight excluding hydrogens is 183 g/mol. The van der Waals surface area contributed by atoms with Gasteiger partial charge in [0.2, 0.25) is 0 Å². The summed E-state index contributed by atoms with van der Waals surface area (Å²) in [6, 6.07) is 1.61. The molecule has 0 aromatic carbocycles. The van der Waals surface area contributed by atoms with Crippen LogP contribution in [0.3, 0.4) is 0 Å². The number of nitrogens with one attached hydrogen (secondary N) is 1. The Labute approximate surface area is 74.6 Å². The molecule has 0 bridgehead atoms. The Morgan fingerprint density at radius 3 is 2.67 bits per heavy atom. The van der Waals surface area contributed by atoms with Crippen LogP contribution in [0.1, 0.15) is 6.42 Å². The number of hydrogen-bond acceptors (Lipinski definition) is 3. The van der Waals surface area contributed by atoms with Gasteiger partial charge in [-0.25, -0.2) is 0 Å². The third kappa shape index (κ3) is 2.97. The molecule has 0 saturated heterocycles. The van der Waals surface area contributed by atoms with E-state index in [-0.39, 0.29) is 18.0 Å². The molecule has 1 atom stereocenters. The van der Waals surface area contributed by atoms with E-state index in [9.17, 15) is 9.18 Å². The smallest absolute Gasteiger partial charge is 0.170 e. The summed E-state index contributed by atoms with van der Waals surface area (Å²) < 4.78 is 11.7. The number of nitriles is 1. The first-order chi connectivity index (χ1) is 5.67. The quantitative estimate of drug-likeness (QED) is 0.525. The van der Waals surface area contributed by atoms with Crippen LogP contribution in [0.15, 0.2) is 0 Å². The van der Waals surface area contributed by atoms with Gasteiger partial charge < -0.3 is 5.41 Å². The largest absolute Gasteiger partial charge is 0.308 e. The molecule has 0 aliphatic carbocycles. The maximum Gasteiger partial charge on any atom is 0.170 e. The zero-order valence-electron chi connectivity index (χ0n) is 6.31. The van der Waals surface area contributed by atoms with Gasteiger partial charge in [-0.05, 0) is 0 Å². The number of hydrogen-bond donors (Lipinski definition) is 1. The minimum absolute atomic E-state index is 0.180. The van der Waals surface area contributed by atoms with E-state index >= 15 is 0 Å². The van der Waals surface area contributed by atoms with E-state index in [2.05, 4.69) is 0 Å². The lowest BCUT2D eigenvalue weighted by Gasteiger charge is -2.05. The average Bonchev–Trinajstić information content (AvgIpc) is 2.06. The summed E-state index contributed by atoms with van der Waals surface area (Å²) in [7, 11) is 0. The zero-order valence-corrected chi connectivity index (χ0v) is 7.07. The van der Waals surface area contributed by atoms with Crippen molar-refractivity contribution in [2.45, 2.75) is 6.42 Å². The van der Waals surface area contributed by atoms with E-state index in [1.165, 1.54) is 0 Å². The average molecular weight is 191 g/mol. The molecule has 0 aliphatic rings. The third-order valence-electron chi connectivity index (χ3n) is 1.30. The Balaban J connectivity index is 4.27. The fourth-order valence-electron chi connectivity index (χ4n) is 0.668. The second kappa shape index (κ2) is 5.67. The molecule has 1 unspecified atom stereocenters. The predicted molar refractivity (Wildman–Crippen MR) is 43.1 cm³/mol. The lowest BCUT2D eigenvalue weighted by Crippen LogP contribution is -2.23. The molecule has 0 amide bonds. The Morgan fingerprint density at radius 2 is 2.33 bits per heavy atom. The van der Waals surface area contributed by atoms with Gasteiger partial charge >= 0.3 is 0 Å². The molecule has 0 spiro atoms. The van der Waals surface area contributed by atoms with E-state index < -0.39 is 18.4 Å². The van der Waals surface area contributed by atoms with Crippen molar-refractivity contribution in [2.24, 2.45) is 5.92 Å². The second-order valence-electron chi connectivity index (χ2n) is 2.13. The van der Waals surface area contributed by atoms with E-state index in [0.717, 1.165) is 0 Å². The van der Waals surface area contributed by atoms with Crippen molar-refractivity contribution in [1.82, 2.24) is 0 Å². The van der Waals surface area contributed by atoms with Crippen molar-refractivity contribution in [3.05, 3.63) is 0 Å². The van der Waals surface area contributed by atoms with Crippen LogP contribution in [-0.4, -0.2) is 24.0 Å². The summed E-state index contributed by atoms with van der Waals surface area (Å²) in [5.74, 6) is -2.02. The molecule has 0 heterocycles. The van der Waals surface area contributed by atoms with Crippen LogP contribution in [-0.2, 0) is 4.79 Å². The number of alkyl halides is 2. The van der Waals surface area contributed by atoms with Gasteiger partial charge in [-0.2, -0.15) is 5.26 Å². The fourth-order valence-corrected chi connectivity index (χ4v) is 0.822. The number of nitrogens with zero attached hydrogens (tertiary/aromatic N) is 1. The molecule has 0 aromatic rings. The van der Waals surface area contributed by atoms with E-state index in [0.29, 0.717) is 0 Å². The molecule has 12 heavy (non-hydrogen) atoms. The normalized spacial score (nSPS) is 11.8. The molecule has 0 aliphatic heterocycles. The van der Waals surface area contributed by atoms with Gasteiger partial charge in [0.25, 0.3) is 0 Å². The van der Waals surface area contributed by atoms with Crippen molar-refractivity contribution in [2.75, 3.05) is 12.6 Å². The van der Waals surface area contributed by atoms with Crippen LogP contribution < -0.4 is 0 Å². The number of Topliss-reactive ketones (excluding diaryl/α,β-unsaturated/α-hetero) is 1. The summed E-state index contributed by atoms with van der Waals surface area (Å²) in [5, 5.41) is 15.6. The lowest BCUT2D eigenvalue weighted by atomic mass is 9.99. The molecule has 0 saturated carbocycles. The monoisotopic (exact) mass is 190 g/mol.